The number of rotatable bonds is 5. The summed E-state index contributed by atoms with van der Waals surface area (Å²) in [6.45, 7) is 0. The largest absolute Gasteiger partial charge is 0.481 e. The summed E-state index contributed by atoms with van der Waals surface area (Å²) in [7, 11) is -6.26. The Hall–Kier alpha value is -1.33. The van der Waals surface area contributed by atoms with Crippen LogP contribution in [0, 0.1) is 0 Å². The van der Waals surface area contributed by atoms with Gasteiger partial charge in [-0.05, 0) is 0 Å². The van der Waals surface area contributed by atoms with Crippen molar-refractivity contribution >= 4 is 34.4 Å². The Labute approximate surface area is 117 Å². The first-order valence-corrected chi connectivity index (χ1v) is 7.08. The second-order valence-electron chi connectivity index (χ2n) is 3.04. The SMILES string of the molecule is O=C(O)CC(O)(CC(=O)O)C(=O)O.O=[PH](O)O.O=[PH](O)O. The molecule has 0 aliphatic carbocycles. The molecular formula is C6H14O13P2. The molecular weight excluding hydrogens is 342 g/mol. The molecule has 0 saturated carbocycles. The number of aliphatic carboxylic acids is 3. The highest BCUT2D eigenvalue weighted by Crippen LogP contribution is 2.15. The van der Waals surface area contributed by atoms with E-state index in [1.54, 1.807) is 0 Å². The minimum Gasteiger partial charge on any atom is -0.481 e. The summed E-state index contributed by atoms with van der Waals surface area (Å²) < 4.78 is 17.5. The van der Waals surface area contributed by atoms with Gasteiger partial charge in [-0.2, -0.15) is 0 Å². The molecule has 0 radical (unpaired) electrons. The maximum atomic E-state index is 10.3. The van der Waals surface area contributed by atoms with Crippen molar-refractivity contribution < 1.29 is 63.5 Å². The molecule has 0 rings (SSSR count). The van der Waals surface area contributed by atoms with Crippen LogP contribution >= 0.6 is 16.5 Å². The van der Waals surface area contributed by atoms with Crippen molar-refractivity contribution in [3.05, 3.63) is 0 Å². The van der Waals surface area contributed by atoms with E-state index in [9.17, 15) is 14.4 Å². The molecule has 0 aromatic carbocycles. The standard InChI is InChI=1S/C6H8O7.2H3O3P/c7-3(8)1-6(13,5(11)12)2-4(9)10;2*1-4(2)3/h13H,1-2H2,(H,7,8)(H,9,10)(H,11,12);2*4H,(H2,1,2,3). The summed E-state index contributed by atoms with van der Waals surface area (Å²) in [4.78, 5) is 59.1. The van der Waals surface area contributed by atoms with E-state index >= 15 is 0 Å². The zero-order valence-corrected chi connectivity index (χ0v) is 12.0. The van der Waals surface area contributed by atoms with Crippen LogP contribution in [0.3, 0.4) is 0 Å². The highest BCUT2D eigenvalue weighted by molar-refractivity contribution is 7.31. The number of aliphatic hydroxyl groups is 1. The van der Waals surface area contributed by atoms with Crippen LogP contribution < -0.4 is 0 Å². The third-order valence-corrected chi connectivity index (χ3v) is 1.29. The van der Waals surface area contributed by atoms with E-state index in [1.165, 1.54) is 0 Å². The second kappa shape index (κ2) is 12.4. The van der Waals surface area contributed by atoms with Gasteiger partial charge in [0.2, 0.25) is 0 Å². The van der Waals surface area contributed by atoms with E-state index in [0.29, 0.717) is 0 Å². The Morgan fingerprint density at radius 3 is 1.05 bits per heavy atom. The summed E-state index contributed by atoms with van der Waals surface area (Å²) in [5.74, 6) is -5.02. The first-order valence-electron chi connectivity index (χ1n) is 4.47. The van der Waals surface area contributed by atoms with Gasteiger partial charge in [0.25, 0.3) is 0 Å². The quantitative estimate of drug-likeness (QED) is 0.237. The zero-order chi connectivity index (χ0) is 17.8. The normalized spacial score (nSPS) is 10.0. The van der Waals surface area contributed by atoms with Gasteiger partial charge in [0.1, 0.15) is 0 Å². The van der Waals surface area contributed by atoms with Gasteiger partial charge in [-0.3, -0.25) is 18.7 Å². The molecule has 13 nitrogen and oxygen atoms in total. The van der Waals surface area contributed by atoms with Crippen molar-refractivity contribution in [3.63, 3.8) is 0 Å². The van der Waals surface area contributed by atoms with E-state index < -0.39 is 52.9 Å². The van der Waals surface area contributed by atoms with Gasteiger partial charge in [-0.15, -0.1) is 0 Å². The lowest BCUT2D eigenvalue weighted by atomic mass is 9.96. The predicted octanol–water partition coefficient (Wildman–Crippen LogP) is -2.53. The lowest BCUT2D eigenvalue weighted by molar-refractivity contribution is -0.170. The van der Waals surface area contributed by atoms with Gasteiger partial charge in [0.05, 0.1) is 12.8 Å². The van der Waals surface area contributed by atoms with Crippen molar-refractivity contribution in [1.82, 2.24) is 0 Å². The number of carboxylic acids is 3. The molecule has 0 aliphatic rings. The molecule has 0 saturated heterocycles. The molecule has 0 aliphatic heterocycles. The molecule has 0 heterocycles. The van der Waals surface area contributed by atoms with Crippen LogP contribution in [0.5, 0.6) is 0 Å². The molecule has 0 spiro atoms. The topological polar surface area (TPSA) is 247 Å². The van der Waals surface area contributed by atoms with Crippen molar-refractivity contribution in [3.8, 4) is 0 Å². The highest BCUT2D eigenvalue weighted by Gasteiger charge is 2.40. The van der Waals surface area contributed by atoms with Crippen LogP contribution in [0.1, 0.15) is 12.8 Å². The Kier molecular flexibility index (Phi) is 14.6. The maximum absolute atomic E-state index is 10.3. The van der Waals surface area contributed by atoms with Crippen molar-refractivity contribution in [2.45, 2.75) is 18.4 Å². The lowest BCUT2D eigenvalue weighted by Gasteiger charge is -2.18. The van der Waals surface area contributed by atoms with Gasteiger partial charge in [0, 0.05) is 0 Å². The van der Waals surface area contributed by atoms with Gasteiger partial charge in [-0.1, -0.05) is 0 Å². The second-order valence-corrected chi connectivity index (χ2v) is 4.17. The van der Waals surface area contributed by atoms with Crippen LogP contribution in [0.2, 0.25) is 0 Å². The number of hydrogen-bond donors (Lipinski definition) is 8. The molecule has 0 amide bonds. The van der Waals surface area contributed by atoms with Crippen LogP contribution in [-0.2, 0) is 23.5 Å². The predicted molar refractivity (Wildman–Crippen MR) is 64.0 cm³/mol. The number of carbonyl (C=O) groups is 3. The van der Waals surface area contributed by atoms with E-state index in [2.05, 4.69) is 0 Å². The average Bonchev–Trinajstić information content (AvgIpc) is 2.11. The summed E-state index contributed by atoms with van der Waals surface area (Å²) in [5, 5.41) is 33.8. The Bertz CT molecular complexity index is 367. The van der Waals surface area contributed by atoms with E-state index in [-0.39, 0.29) is 0 Å². The fourth-order valence-corrected chi connectivity index (χ4v) is 0.714. The fourth-order valence-electron chi connectivity index (χ4n) is 0.714. The lowest BCUT2D eigenvalue weighted by Crippen LogP contribution is -2.42. The molecule has 21 heavy (non-hydrogen) atoms. The third kappa shape index (κ3) is 24.1. The van der Waals surface area contributed by atoms with Gasteiger partial charge < -0.3 is 40.0 Å². The Morgan fingerprint density at radius 2 is 0.952 bits per heavy atom. The van der Waals surface area contributed by atoms with Gasteiger partial charge >= 0.3 is 34.4 Å². The molecule has 126 valence electrons. The summed E-state index contributed by atoms with van der Waals surface area (Å²) in [6.07, 6.45) is -2.29. The van der Waals surface area contributed by atoms with E-state index in [4.69, 9.17) is 49.1 Å². The monoisotopic (exact) mass is 356 g/mol. The molecule has 0 atom stereocenters. The minimum atomic E-state index is -3.13. The molecule has 0 fully saturated rings. The number of carboxylic acid groups (broad SMARTS) is 3. The first kappa shape index (κ1) is 24.7. The Morgan fingerprint density at radius 1 is 0.762 bits per heavy atom. The van der Waals surface area contributed by atoms with E-state index in [1.807, 2.05) is 0 Å². The Balaban J connectivity index is -0.000000334. The highest BCUT2D eigenvalue weighted by atomic mass is 31.1. The molecule has 0 aromatic rings. The summed E-state index contributed by atoms with van der Waals surface area (Å²) in [5.41, 5.74) is -2.74. The van der Waals surface area contributed by atoms with Gasteiger partial charge in [-0.25, -0.2) is 4.79 Å². The zero-order valence-electron chi connectivity index (χ0n) is 10.0. The van der Waals surface area contributed by atoms with Crippen molar-refractivity contribution in [2.75, 3.05) is 0 Å². The molecule has 15 heteroatoms. The molecule has 0 aromatic heterocycles. The summed E-state index contributed by atoms with van der Waals surface area (Å²) in [6, 6.07) is 0. The smallest absolute Gasteiger partial charge is 0.336 e. The molecule has 8 N–H and O–H groups in total. The summed E-state index contributed by atoms with van der Waals surface area (Å²) >= 11 is 0. The maximum Gasteiger partial charge on any atom is 0.336 e. The fraction of sp³-hybridized carbons (Fsp3) is 0.500. The molecule has 0 bridgehead atoms. The third-order valence-electron chi connectivity index (χ3n) is 1.29. The van der Waals surface area contributed by atoms with Crippen LogP contribution in [0.4, 0.5) is 0 Å². The van der Waals surface area contributed by atoms with Crippen molar-refractivity contribution in [1.29, 1.82) is 0 Å². The number of hydrogen-bond acceptors (Lipinski definition) is 6. The minimum absolute atomic E-state index is 1.14. The molecule has 0 unspecified atom stereocenters. The van der Waals surface area contributed by atoms with Crippen LogP contribution in [-0.4, -0.2) is 63.5 Å². The van der Waals surface area contributed by atoms with E-state index in [0.717, 1.165) is 0 Å². The van der Waals surface area contributed by atoms with Crippen molar-refractivity contribution in [2.24, 2.45) is 0 Å². The average molecular weight is 356 g/mol. The van der Waals surface area contributed by atoms with Crippen LogP contribution in [0.25, 0.3) is 0 Å². The van der Waals surface area contributed by atoms with Gasteiger partial charge in [0.15, 0.2) is 5.60 Å². The first-order chi connectivity index (χ1) is 9.24. The van der Waals surface area contributed by atoms with Crippen LogP contribution in [0.15, 0.2) is 0 Å².